The lowest BCUT2D eigenvalue weighted by atomic mass is 9.84. The van der Waals surface area contributed by atoms with E-state index in [1.807, 2.05) is 0 Å². The minimum atomic E-state index is -0.190. The molecule has 0 aromatic heterocycles. The summed E-state index contributed by atoms with van der Waals surface area (Å²) in [6.07, 6.45) is 2.19. The van der Waals surface area contributed by atoms with Crippen molar-refractivity contribution in [3.05, 3.63) is 0 Å². The molecule has 2 atom stereocenters. The van der Waals surface area contributed by atoms with E-state index in [0.29, 0.717) is 6.04 Å². The highest BCUT2D eigenvalue weighted by atomic mass is 16.3. The molecule has 72 valence electrons. The molecule has 1 N–H and O–H groups in total. The molecule has 0 radical (unpaired) electrons. The van der Waals surface area contributed by atoms with E-state index in [0.717, 1.165) is 13.0 Å². The van der Waals surface area contributed by atoms with E-state index in [1.165, 1.54) is 6.42 Å². The predicted molar refractivity (Wildman–Crippen MR) is 51.1 cm³/mol. The topological polar surface area (TPSA) is 23.5 Å². The van der Waals surface area contributed by atoms with Crippen LogP contribution in [-0.2, 0) is 0 Å². The Morgan fingerprint density at radius 3 is 2.33 bits per heavy atom. The largest absolute Gasteiger partial charge is 0.391 e. The fraction of sp³-hybridized carbons (Fsp3) is 1.00. The molecule has 1 aliphatic heterocycles. The summed E-state index contributed by atoms with van der Waals surface area (Å²) in [6.45, 7) is 7.44. The molecule has 0 amide bonds. The number of likely N-dealkylation sites (tertiary alicyclic amines) is 1. The first-order valence-corrected chi connectivity index (χ1v) is 4.81. The first-order valence-electron chi connectivity index (χ1n) is 4.81. The van der Waals surface area contributed by atoms with Crippen molar-refractivity contribution >= 4 is 0 Å². The van der Waals surface area contributed by atoms with Gasteiger partial charge in [0.05, 0.1) is 6.10 Å². The summed E-state index contributed by atoms with van der Waals surface area (Å²) < 4.78 is 0. The van der Waals surface area contributed by atoms with Crippen molar-refractivity contribution in [1.29, 1.82) is 0 Å². The van der Waals surface area contributed by atoms with Crippen LogP contribution in [0.4, 0.5) is 0 Å². The van der Waals surface area contributed by atoms with Crippen LogP contribution in [0.25, 0.3) is 0 Å². The zero-order chi connectivity index (χ0) is 9.35. The molecular formula is C10H21NO. The van der Waals surface area contributed by atoms with Crippen molar-refractivity contribution in [1.82, 2.24) is 4.90 Å². The van der Waals surface area contributed by atoms with Crippen molar-refractivity contribution in [2.45, 2.75) is 45.8 Å². The minimum absolute atomic E-state index is 0.0171. The van der Waals surface area contributed by atoms with Crippen LogP contribution in [-0.4, -0.2) is 35.7 Å². The zero-order valence-electron chi connectivity index (χ0n) is 8.67. The van der Waals surface area contributed by atoms with Gasteiger partial charge in [-0.05, 0) is 31.8 Å². The Morgan fingerprint density at radius 1 is 1.42 bits per heavy atom. The number of likely N-dealkylation sites (N-methyl/N-ethyl adjacent to an activating group) is 1. The standard InChI is InChI=1S/C10H21NO/c1-10(2,3)9(12)8-6-5-7-11(8)4/h8-9,12H,5-7H2,1-4H3. The molecule has 1 rings (SSSR count). The quantitative estimate of drug-likeness (QED) is 0.646. The van der Waals surface area contributed by atoms with Gasteiger partial charge in [0.25, 0.3) is 0 Å². The zero-order valence-corrected chi connectivity index (χ0v) is 8.67. The lowest BCUT2D eigenvalue weighted by Crippen LogP contribution is -2.43. The summed E-state index contributed by atoms with van der Waals surface area (Å²) in [5, 5.41) is 10.0. The summed E-state index contributed by atoms with van der Waals surface area (Å²) in [4.78, 5) is 2.27. The summed E-state index contributed by atoms with van der Waals surface area (Å²) in [6, 6.07) is 0.380. The molecule has 0 aromatic carbocycles. The van der Waals surface area contributed by atoms with Gasteiger partial charge in [-0.25, -0.2) is 0 Å². The second-order valence-corrected chi connectivity index (χ2v) is 5.00. The highest BCUT2D eigenvalue weighted by Gasteiger charge is 2.34. The molecule has 1 aliphatic rings. The van der Waals surface area contributed by atoms with Gasteiger partial charge in [-0.2, -0.15) is 0 Å². The molecule has 0 bridgehead atoms. The molecule has 1 heterocycles. The average molecular weight is 171 g/mol. The number of rotatable bonds is 1. The Labute approximate surface area is 75.6 Å². The second-order valence-electron chi connectivity index (χ2n) is 5.00. The van der Waals surface area contributed by atoms with Crippen LogP contribution >= 0.6 is 0 Å². The lowest BCUT2D eigenvalue weighted by Gasteiger charge is -2.34. The lowest BCUT2D eigenvalue weighted by molar-refractivity contribution is 0.00263. The van der Waals surface area contributed by atoms with Crippen molar-refractivity contribution in [2.75, 3.05) is 13.6 Å². The fourth-order valence-electron chi connectivity index (χ4n) is 1.91. The van der Waals surface area contributed by atoms with Crippen LogP contribution in [0.5, 0.6) is 0 Å². The number of hydrogen-bond acceptors (Lipinski definition) is 2. The fourth-order valence-corrected chi connectivity index (χ4v) is 1.91. The van der Waals surface area contributed by atoms with E-state index in [4.69, 9.17) is 0 Å². The van der Waals surface area contributed by atoms with E-state index in [9.17, 15) is 5.11 Å². The summed E-state index contributed by atoms with van der Waals surface area (Å²) >= 11 is 0. The van der Waals surface area contributed by atoms with Crippen molar-refractivity contribution in [3.63, 3.8) is 0 Å². The van der Waals surface area contributed by atoms with Gasteiger partial charge in [-0.15, -0.1) is 0 Å². The Hall–Kier alpha value is -0.0800. The first kappa shape index (κ1) is 10.0. The van der Waals surface area contributed by atoms with Gasteiger partial charge in [-0.3, -0.25) is 0 Å². The average Bonchev–Trinajstić information content (AvgIpc) is 2.31. The molecule has 2 unspecified atom stereocenters. The van der Waals surface area contributed by atoms with E-state index in [-0.39, 0.29) is 11.5 Å². The molecule has 12 heavy (non-hydrogen) atoms. The third-order valence-corrected chi connectivity index (χ3v) is 2.83. The number of nitrogens with zero attached hydrogens (tertiary/aromatic N) is 1. The van der Waals surface area contributed by atoms with Crippen LogP contribution in [0.2, 0.25) is 0 Å². The van der Waals surface area contributed by atoms with Gasteiger partial charge in [0.1, 0.15) is 0 Å². The molecule has 0 aliphatic carbocycles. The van der Waals surface area contributed by atoms with Crippen LogP contribution in [0.3, 0.4) is 0 Å². The Balaban J connectivity index is 2.57. The summed E-state index contributed by atoms with van der Waals surface area (Å²) in [7, 11) is 2.10. The normalized spacial score (nSPS) is 29.2. The Bertz CT molecular complexity index is 150. The highest BCUT2D eigenvalue weighted by molar-refractivity contribution is 4.88. The van der Waals surface area contributed by atoms with Gasteiger partial charge in [0.2, 0.25) is 0 Å². The van der Waals surface area contributed by atoms with Gasteiger partial charge in [-0.1, -0.05) is 20.8 Å². The maximum atomic E-state index is 10.0. The van der Waals surface area contributed by atoms with Crippen LogP contribution in [0, 0.1) is 5.41 Å². The molecular weight excluding hydrogens is 150 g/mol. The Kier molecular flexibility index (Phi) is 2.79. The first-order chi connectivity index (χ1) is 5.43. The minimum Gasteiger partial charge on any atom is -0.391 e. The summed E-state index contributed by atoms with van der Waals surface area (Å²) in [5.41, 5.74) is 0.0171. The molecule has 2 heteroatoms. The third-order valence-electron chi connectivity index (χ3n) is 2.83. The summed E-state index contributed by atoms with van der Waals surface area (Å²) in [5.74, 6) is 0. The predicted octanol–water partition coefficient (Wildman–Crippen LogP) is 1.49. The molecule has 2 nitrogen and oxygen atoms in total. The van der Waals surface area contributed by atoms with Crippen LogP contribution in [0.15, 0.2) is 0 Å². The number of hydrogen-bond donors (Lipinski definition) is 1. The van der Waals surface area contributed by atoms with E-state index >= 15 is 0 Å². The second kappa shape index (κ2) is 3.35. The van der Waals surface area contributed by atoms with Crippen LogP contribution < -0.4 is 0 Å². The monoisotopic (exact) mass is 171 g/mol. The highest BCUT2D eigenvalue weighted by Crippen LogP contribution is 2.29. The van der Waals surface area contributed by atoms with Gasteiger partial charge >= 0.3 is 0 Å². The van der Waals surface area contributed by atoms with Crippen molar-refractivity contribution in [3.8, 4) is 0 Å². The molecule has 0 aromatic rings. The third kappa shape index (κ3) is 1.99. The van der Waals surface area contributed by atoms with E-state index < -0.39 is 0 Å². The van der Waals surface area contributed by atoms with Crippen molar-refractivity contribution in [2.24, 2.45) is 5.41 Å². The SMILES string of the molecule is CN1CCCC1C(O)C(C)(C)C. The molecule has 1 fully saturated rings. The maximum Gasteiger partial charge on any atom is 0.0743 e. The maximum absolute atomic E-state index is 10.0. The van der Waals surface area contributed by atoms with Gasteiger partial charge in [0, 0.05) is 6.04 Å². The van der Waals surface area contributed by atoms with Crippen molar-refractivity contribution < 1.29 is 5.11 Å². The smallest absolute Gasteiger partial charge is 0.0743 e. The number of aliphatic hydroxyl groups is 1. The number of aliphatic hydroxyl groups excluding tert-OH is 1. The Morgan fingerprint density at radius 2 is 2.00 bits per heavy atom. The molecule has 0 saturated carbocycles. The van der Waals surface area contributed by atoms with Crippen LogP contribution in [0.1, 0.15) is 33.6 Å². The van der Waals surface area contributed by atoms with Gasteiger partial charge < -0.3 is 10.0 Å². The molecule has 0 spiro atoms. The van der Waals surface area contributed by atoms with E-state index in [1.54, 1.807) is 0 Å². The van der Waals surface area contributed by atoms with E-state index in [2.05, 4.69) is 32.7 Å². The van der Waals surface area contributed by atoms with Gasteiger partial charge in [0.15, 0.2) is 0 Å². The molecule has 1 saturated heterocycles.